The first-order valence-corrected chi connectivity index (χ1v) is 7.58. The van der Waals surface area contributed by atoms with Crippen LogP contribution in [0.15, 0.2) is 0 Å². The molecule has 0 aromatic heterocycles. The van der Waals surface area contributed by atoms with Gasteiger partial charge in [-0.05, 0) is 44.8 Å². The molecule has 0 spiro atoms. The fraction of sp³-hybridized carbons (Fsp3) is 0.929. The van der Waals surface area contributed by atoms with E-state index in [0.717, 1.165) is 32.0 Å². The van der Waals surface area contributed by atoms with Gasteiger partial charge in [0.2, 0.25) is 5.91 Å². The Bertz CT molecular complexity index is 272. The molecule has 5 nitrogen and oxygen atoms in total. The SMILES string of the molecule is CC1CCN(CCCNC(=O)C2CNCCO2)CC1. The fourth-order valence-electron chi connectivity index (χ4n) is 2.65. The van der Waals surface area contributed by atoms with Gasteiger partial charge in [0.25, 0.3) is 0 Å². The Hall–Kier alpha value is -0.650. The van der Waals surface area contributed by atoms with Crippen LogP contribution in [0.5, 0.6) is 0 Å². The molecule has 0 bridgehead atoms. The van der Waals surface area contributed by atoms with Gasteiger partial charge in [0.15, 0.2) is 0 Å². The minimum Gasteiger partial charge on any atom is -0.366 e. The summed E-state index contributed by atoms with van der Waals surface area (Å²) in [7, 11) is 0. The van der Waals surface area contributed by atoms with E-state index in [0.29, 0.717) is 13.2 Å². The highest BCUT2D eigenvalue weighted by molar-refractivity contribution is 5.81. The first-order chi connectivity index (χ1) is 9.25. The van der Waals surface area contributed by atoms with E-state index in [1.54, 1.807) is 0 Å². The van der Waals surface area contributed by atoms with Gasteiger partial charge in [-0.25, -0.2) is 0 Å². The van der Waals surface area contributed by atoms with Crippen LogP contribution >= 0.6 is 0 Å². The smallest absolute Gasteiger partial charge is 0.250 e. The van der Waals surface area contributed by atoms with Gasteiger partial charge in [0, 0.05) is 19.6 Å². The maximum atomic E-state index is 11.8. The first-order valence-electron chi connectivity index (χ1n) is 7.58. The minimum absolute atomic E-state index is 0.0273. The zero-order chi connectivity index (χ0) is 13.5. The Morgan fingerprint density at radius 1 is 1.42 bits per heavy atom. The molecule has 0 aliphatic carbocycles. The Morgan fingerprint density at radius 3 is 2.89 bits per heavy atom. The van der Waals surface area contributed by atoms with E-state index in [1.807, 2.05) is 0 Å². The monoisotopic (exact) mass is 269 g/mol. The van der Waals surface area contributed by atoms with E-state index >= 15 is 0 Å². The van der Waals surface area contributed by atoms with Crippen molar-refractivity contribution in [3.05, 3.63) is 0 Å². The number of hydrogen-bond acceptors (Lipinski definition) is 4. The fourth-order valence-corrected chi connectivity index (χ4v) is 2.65. The van der Waals surface area contributed by atoms with E-state index in [-0.39, 0.29) is 12.0 Å². The molecule has 0 saturated carbocycles. The quantitative estimate of drug-likeness (QED) is 0.701. The molecule has 0 radical (unpaired) electrons. The van der Waals surface area contributed by atoms with Gasteiger partial charge in [-0.2, -0.15) is 0 Å². The molecule has 2 aliphatic heterocycles. The number of morpholine rings is 1. The molecule has 2 aliphatic rings. The topological polar surface area (TPSA) is 53.6 Å². The summed E-state index contributed by atoms with van der Waals surface area (Å²) in [5.41, 5.74) is 0. The van der Waals surface area contributed by atoms with Crippen molar-refractivity contribution in [3.8, 4) is 0 Å². The van der Waals surface area contributed by atoms with Crippen molar-refractivity contribution in [1.82, 2.24) is 15.5 Å². The molecule has 5 heteroatoms. The number of piperidine rings is 1. The van der Waals surface area contributed by atoms with Gasteiger partial charge in [0.1, 0.15) is 6.10 Å². The normalized spacial score (nSPS) is 26.3. The van der Waals surface area contributed by atoms with Crippen molar-refractivity contribution in [1.29, 1.82) is 0 Å². The molecule has 19 heavy (non-hydrogen) atoms. The number of carbonyl (C=O) groups excluding carboxylic acids is 1. The molecular weight excluding hydrogens is 242 g/mol. The van der Waals surface area contributed by atoms with Crippen molar-refractivity contribution in [3.63, 3.8) is 0 Å². The maximum absolute atomic E-state index is 11.8. The number of likely N-dealkylation sites (tertiary alicyclic amines) is 1. The average Bonchev–Trinajstić information content (AvgIpc) is 2.46. The Balaban J connectivity index is 1.52. The van der Waals surface area contributed by atoms with Crippen LogP contribution < -0.4 is 10.6 Å². The molecule has 2 saturated heterocycles. The summed E-state index contributed by atoms with van der Waals surface area (Å²) in [5.74, 6) is 0.909. The number of hydrogen-bond donors (Lipinski definition) is 2. The molecule has 2 heterocycles. The summed E-state index contributed by atoms with van der Waals surface area (Å²) >= 11 is 0. The minimum atomic E-state index is -0.301. The molecule has 0 aromatic rings. The number of rotatable bonds is 5. The van der Waals surface area contributed by atoms with Crippen LogP contribution in [-0.4, -0.2) is 62.8 Å². The van der Waals surface area contributed by atoms with Crippen LogP contribution in [0.3, 0.4) is 0 Å². The highest BCUT2D eigenvalue weighted by atomic mass is 16.5. The van der Waals surface area contributed by atoms with Gasteiger partial charge >= 0.3 is 0 Å². The first kappa shape index (κ1) is 14.8. The average molecular weight is 269 g/mol. The molecule has 1 atom stereocenters. The number of ether oxygens (including phenoxy) is 1. The van der Waals surface area contributed by atoms with Crippen LogP contribution in [0, 0.1) is 5.92 Å². The highest BCUT2D eigenvalue weighted by Gasteiger charge is 2.21. The zero-order valence-corrected chi connectivity index (χ0v) is 12.0. The summed E-state index contributed by atoms with van der Waals surface area (Å²) in [6.07, 6.45) is 3.35. The van der Waals surface area contributed by atoms with Gasteiger partial charge < -0.3 is 20.3 Å². The van der Waals surface area contributed by atoms with Gasteiger partial charge in [-0.15, -0.1) is 0 Å². The summed E-state index contributed by atoms with van der Waals surface area (Å²) in [5, 5.41) is 6.14. The summed E-state index contributed by atoms with van der Waals surface area (Å²) in [6.45, 7) is 8.71. The molecular formula is C14H27N3O2. The van der Waals surface area contributed by atoms with Gasteiger partial charge in [0.05, 0.1) is 6.61 Å². The van der Waals surface area contributed by atoms with Crippen LogP contribution in [0.25, 0.3) is 0 Å². The summed E-state index contributed by atoms with van der Waals surface area (Å²) in [6, 6.07) is 0. The number of nitrogens with zero attached hydrogens (tertiary/aromatic N) is 1. The van der Waals surface area contributed by atoms with Crippen molar-refractivity contribution in [2.24, 2.45) is 5.92 Å². The predicted molar refractivity (Wildman–Crippen MR) is 75.1 cm³/mol. The third kappa shape index (κ3) is 5.09. The van der Waals surface area contributed by atoms with Gasteiger partial charge in [-0.1, -0.05) is 6.92 Å². The molecule has 2 N–H and O–H groups in total. The third-order valence-corrected chi connectivity index (χ3v) is 4.05. The lowest BCUT2D eigenvalue weighted by atomic mass is 9.99. The maximum Gasteiger partial charge on any atom is 0.250 e. The van der Waals surface area contributed by atoms with Crippen LogP contribution in [0.2, 0.25) is 0 Å². The van der Waals surface area contributed by atoms with E-state index in [2.05, 4.69) is 22.5 Å². The summed E-state index contributed by atoms with van der Waals surface area (Å²) < 4.78 is 5.41. The van der Waals surface area contributed by atoms with Gasteiger partial charge in [-0.3, -0.25) is 4.79 Å². The van der Waals surface area contributed by atoms with E-state index in [4.69, 9.17) is 4.74 Å². The second kappa shape index (κ2) is 7.82. The van der Waals surface area contributed by atoms with Crippen LogP contribution in [-0.2, 0) is 9.53 Å². The number of amides is 1. The second-order valence-electron chi connectivity index (χ2n) is 5.73. The molecule has 1 amide bonds. The number of nitrogens with one attached hydrogen (secondary N) is 2. The van der Waals surface area contributed by atoms with Crippen molar-refractivity contribution < 1.29 is 9.53 Å². The molecule has 2 fully saturated rings. The Morgan fingerprint density at radius 2 is 2.21 bits per heavy atom. The second-order valence-corrected chi connectivity index (χ2v) is 5.73. The largest absolute Gasteiger partial charge is 0.366 e. The lowest BCUT2D eigenvalue weighted by Gasteiger charge is -2.30. The van der Waals surface area contributed by atoms with Crippen molar-refractivity contribution in [2.75, 3.05) is 45.9 Å². The predicted octanol–water partition coefficient (Wildman–Crippen LogP) is 0.213. The van der Waals surface area contributed by atoms with E-state index < -0.39 is 0 Å². The standard InChI is InChI=1S/C14H27N3O2/c1-12-3-8-17(9-4-12)7-2-5-16-14(18)13-11-15-6-10-19-13/h12-13,15H,2-11H2,1H3,(H,16,18). The van der Waals surface area contributed by atoms with Crippen LogP contribution in [0.4, 0.5) is 0 Å². The molecule has 1 unspecified atom stereocenters. The van der Waals surface area contributed by atoms with E-state index in [9.17, 15) is 4.79 Å². The third-order valence-electron chi connectivity index (χ3n) is 4.05. The Labute approximate surface area is 116 Å². The lowest BCUT2D eigenvalue weighted by molar-refractivity contribution is -0.134. The zero-order valence-electron chi connectivity index (χ0n) is 12.0. The lowest BCUT2D eigenvalue weighted by Crippen LogP contribution is -2.48. The van der Waals surface area contributed by atoms with Crippen LogP contribution in [0.1, 0.15) is 26.2 Å². The molecule has 110 valence electrons. The van der Waals surface area contributed by atoms with Crippen molar-refractivity contribution >= 4 is 5.91 Å². The van der Waals surface area contributed by atoms with Crippen molar-refractivity contribution in [2.45, 2.75) is 32.3 Å². The molecule has 2 rings (SSSR count). The summed E-state index contributed by atoms with van der Waals surface area (Å²) in [4.78, 5) is 14.3. The number of carbonyl (C=O) groups is 1. The highest BCUT2D eigenvalue weighted by Crippen LogP contribution is 2.15. The Kier molecular flexibility index (Phi) is 6.07. The van der Waals surface area contributed by atoms with E-state index in [1.165, 1.54) is 25.9 Å². The molecule has 0 aromatic carbocycles.